The first-order valence-corrected chi connectivity index (χ1v) is 10.6. The monoisotopic (exact) mass is 413 g/mol. The van der Waals surface area contributed by atoms with Crippen LogP contribution in [0, 0.1) is 11.8 Å². The van der Waals surface area contributed by atoms with Crippen molar-refractivity contribution in [3.05, 3.63) is 35.2 Å². The van der Waals surface area contributed by atoms with E-state index in [1.807, 2.05) is 6.07 Å². The largest absolute Gasteiger partial charge is 0.497 e. The molecule has 4 heterocycles. The highest BCUT2D eigenvalue weighted by Crippen LogP contribution is 2.42. The molecule has 3 aliphatic heterocycles. The third-order valence-electron chi connectivity index (χ3n) is 7.32. The van der Waals surface area contributed by atoms with Crippen LogP contribution in [0.1, 0.15) is 30.6 Å². The number of carbonyl (C=O) groups excluding carboxylic acids is 1. The molecular formula is C23H29N2O5+. The second-order valence-electron chi connectivity index (χ2n) is 8.60. The van der Waals surface area contributed by atoms with E-state index in [2.05, 4.69) is 18.0 Å². The lowest BCUT2D eigenvalue weighted by Gasteiger charge is -2.46. The van der Waals surface area contributed by atoms with Gasteiger partial charge in [-0.1, -0.05) is 0 Å². The molecule has 2 aromatic rings. The van der Waals surface area contributed by atoms with Gasteiger partial charge in [0.05, 0.1) is 63.4 Å². The Morgan fingerprint density at radius 1 is 1.20 bits per heavy atom. The Labute approximate surface area is 175 Å². The van der Waals surface area contributed by atoms with Gasteiger partial charge in [-0.05, 0) is 18.6 Å². The van der Waals surface area contributed by atoms with Crippen molar-refractivity contribution in [2.45, 2.75) is 31.9 Å². The second-order valence-corrected chi connectivity index (χ2v) is 8.60. The highest BCUT2D eigenvalue weighted by molar-refractivity contribution is 5.89. The Balaban J connectivity index is 1.56. The number of fused-ring (bicyclic) bond motifs is 6. The summed E-state index contributed by atoms with van der Waals surface area (Å²) < 4.78 is 21.9. The number of H-pyrrole nitrogens is 1. The van der Waals surface area contributed by atoms with Crippen molar-refractivity contribution in [1.82, 2.24) is 4.98 Å². The maximum atomic E-state index is 12.4. The predicted octanol–water partition coefficient (Wildman–Crippen LogP) is 1.78. The molecule has 1 aromatic heterocycles. The van der Waals surface area contributed by atoms with E-state index in [-0.39, 0.29) is 18.0 Å². The summed E-state index contributed by atoms with van der Waals surface area (Å²) in [5.41, 5.74) is 4.39. The Hall–Kier alpha value is -2.67. The number of carbonyl (C=O) groups is 1. The molecule has 7 heteroatoms. The lowest BCUT2D eigenvalue weighted by molar-refractivity contribution is -0.944. The summed E-state index contributed by atoms with van der Waals surface area (Å²) >= 11 is 0. The van der Waals surface area contributed by atoms with Crippen LogP contribution in [-0.2, 0) is 20.7 Å². The standard InChI is InChI=1S/C23H28N2O5/c1-12-16-10-25-6-5-13-15-8-20(27-2)21(28-3)9-18(15)24-22(13)19(25)7-14(16)17(11-30-12)23(26)29-4/h8-9,11-12,14,16,19,24H,5-7,10H2,1-4H3/p+1/t12-,14+,16+,19+/m1/s1. The van der Waals surface area contributed by atoms with Gasteiger partial charge in [-0.3, -0.25) is 0 Å². The molecule has 7 nitrogen and oxygen atoms in total. The molecule has 0 saturated carbocycles. The average molecular weight is 413 g/mol. The third-order valence-corrected chi connectivity index (χ3v) is 7.32. The Bertz CT molecular complexity index is 1030. The fourth-order valence-corrected chi connectivity index (χ4v) is 5.77. The number of piperidine rings is 1. The molecule has 0 bridgehead atoms. The van der Waals surface area contributed by atoms with E-state index in [4.69, 9.17) is 18.9 Å². The molecule has 0 radical (unpaired) electrons. The molecule has 5 rings (SSSR count). The van der Waals surface area contributed by atoms with Crippen LogP contribution in [0.5, 0.6) is 11.5 Å². The number of nitrogens with one attached hydrogen (secondary N) is 2. The number of aromatic amines is 1. The number of rotatable bonds is 3. The molecule has 0 aliphatic carbocycles. The summed E-state index contributed by atoms with van der Waals surface area (Å²) in [6.45, 7) is 4.18. The normalized spacial score (nSPS) is 29.7. The van der Waals surface area contributed by atoms with Gasteiger partial charge in [0.1, 0.15) is 12.1 Å². The molecule has 0 amide bonds. The number of quaternary nitrogens is 1. The van der Waals surface area contributed by atoms with Gasteiger partial charge in [-0.15, -0.1) is 0 Å². The zero-order chi connectivity index (χ0) is 21.0. The van der Waals surface area contributed by atoms with Crippen LogP contribution in [0.25, 0.3) is 10.9 Å². The Morgan fingerprint density at radius 3 is 2.70 bits per heavy atom. The van der Waals surface area contributed by atoms with Gasteiger partial charge in [-0.25, -0.2) is 4.79 Å². The van der Waals surface area contributed by atoms with Gasteiger partial charge < -0.3 is 28.8 Å². The lowest BCUT2D eigenvalue weighted by atomic mass is 9.72. The maximum Gasteiger partial charge on any atom is 0.337 e. The van der Waals surface area contributed by atoms with Crippen molar-refractivity contribution < 1.29 is 28.6 Å². The van der Waals surface area contributed by atoms with Crippen LogP contribution in [0.3, 0.4) is 0 Å². The van der Waals surface area contributed by atoms with Crippen molar-refractivity contribution in [3.63, 3.8) is 0 Å². The summed E-state index contributed by atoms with van der Waals surface area (Å²) in [6.07, 6.45) is 3.66. The summed E-state index contributed by atoms with van der Waals surface area (Å²) in [6, 6.07) is 4.42. The number of hydrogen-bond acceptors (Lipinski definition) is 5. The highest BCUT2D eigenvalue weighted by atomic mass is 16.5. The van der Waals surface area contributed by atoms with Gasteiger partial charge in [0.25, 0.3) is 0 Å². The van der Waals surface area contributed by atoms with Crippen molar-refractivity contribution in [3.8, 4) is 11.5 Å². The molecule has 0 spiro atoms. The molecule has 1 fully saturated rings. The molecule has 160 valence electrons. The molecular weight excluding hydrogens is 384 g/mol. The quantitative estimate of drug-likeness (QED) is 0.751. The summed E-state index contributed by atoms with van der Waals surface area (Å²) in [5.74, 6) is 1.67. The lowest BCUT2D eigenvalue weighted by Crippen LogP contribution is -3.15. The smallest absolute Gasteiger partial charge is 0.337 e. The molecule has 30 heavy (non-hydrogen) atoms. The number of hydrogen-bond donors (Lipinski definition) is 2. The van der Waals surface area contributed by atoms with Crippen LogP contribution in [-0.4, -0.2) is 51.5 Å². The summed E-state index contributed by atoms with van der Waals surface area (Å²) in [5, 5.41) is 1.20. The molecule has 3 aliphatic rings. The molecule has 1 saturated heterocycles. The Morgan fingerprint density at radius 2 is 1.97 bits per heavy atom. The fourth-order valence-electron chi connectivity index (χ4n) is 5.77. The van der Waals surface area contributed by atoms with E-state index < -0.39 is 0 Å². The van der Waals surface area contributed by atoms with Crippen molar-refractivity contribution in [1.29, 1.82) is 0 Å². The van der Waals surface area contributed by atoms with E-state index in [9.17, 15) is 4.79 Å². The van der Waals surface area contributed by atoms with Gasteiger partial charge in [0.15, 0.2) is 11.5 Å². The fraction of sp³-hybridized carbons (Fsp3) is 0.522. The van der Waals surface area contributed by atoms with E-state index in [1.54, 1.807) is 25.4 Å². The van der Waals surface area contributed by atoms with Crippen LogP contribution in [0.2, 0.25) is 0 Å². The maximum absolute atomic E-state index is 12.4. The van der Waals surface area contributed by atoms with Crippen molar-refractivity contribution >= 4 is 16.9 Å². The summed E-state index contributed by atoms with van der Waals surface area (Å²) in [4.78, 5) is 17.7. The average Bonchev–Trinajstić information content (AvgIpc) is 3.14. The first-order chi connectivity index (χ1) is 14.5. The minimum Gasteiger partial charge on any atom is -0.497 e. The predicted molar refractivity (Wildman–Crippen MR) is 111 cm³/mol. The van der Waals surface area contributed by atoms with Crippen LogP contribution < -0.4 is 14.4 Å². The van der Waals surface area contributed by atoms with Gasteiger partial charge >= 0.3 is 5.97 Å². The van der Waals surface area contributed by atoms with Gasteiger partial charge in [-0.2, -0.15) is 0 Å². The van der Waals surface area contributed by atoms with Crippen molar-refractivity contribution in [2.75, 3.05) is 34.4 Å². The first-order valence-electron chi connectivity index (χ1n) is 10.6. The molecule has 1 aromatic carbocycles. The molecule has 1 unspecified atom stereocenters. The number of aromatic nitrogens is 1. The number of esters is 1. The minimum absolute atomic E-state index is 0.106. The minimum atomic E-state index is -0.275. The molecule has 5 atom stereocenters. The van der Waals surface area contributed by atoms with E-state index in [1.165, 1.54) is 23.8 Å². The second kappa shape index (κ2) is 7.23. The zero-order valence-corrected chi connectivity index (χ0v) is 17.9. The van der Waals surface area contributed by atoms with Crippen molar-refractivity contribution in [2.24, 2.45) is 11.8 Å². The number of methoxy groups -OCH3 is 3. The van der Waals surface area contributed by atoms with Crippen LogP contribution in [0.4, 0.5) is 0 Å². The van der Waals surface area contributed by atoms with Crippen LogP contribution >= 0.6 is 0 Å². The van der Waals surface area contributed by atoms with E-state index >= 15 is 0 Å². The van der Waals surface area contributed by atoms with Gasteiger partial charge in [0, 0.05) is 30.2 Å². The zero-order valence-electron chi connectivity index (χ0n) is 17.9. The van der Waals surface area contributed by atoms with Crippen LogP contribution in [0.15, 0.2) is 24.0 Å². The first kappa shape index (κ1) is 19.3. The van der Waals surface area contributed by atoms with Gasteiger partial charge in [0.2, 0.25) is 0 Å². The number of benzene rings is 1. The molecule has 2 N–H and O–H groups in total. The highest BCUT2D eigenvalue weighted by Gasteiger charge is 2.49. The topological polar surface area (TPSA) is 74.2 Å². The van der Waals surface area contributed by atoms with E-state index in [0.29, 0.717) is 17.5 Å². The Kier molecular flexibility index (Phi) is 4.65. The van der Waals surface area contributed by atoms with E-state index in [0.717, 1.165) is 42.9 Å². The number of ether oxygens (including phenoxy) is 4. The SMILES string of the molecule is COC(=O)C1=CO[C@H](C)[C@@H]2C[NH+]3CCc4c([nH]c5cc(OC)c(OC)cc45)[C@@H]3C[C@H]12. The third kappa shape index (κ3) is 2.79. The summed E-state index contributed by atoms with van der Waals surface area (Å²) in [7, 11) is 4.77.